The van der Waals surface area contributed by atoms with Crippen molar-refractivity contribution in [3.8, 4) is 0 Å². The second-order valence-corrected chi connectivity index (χ2v) is 5.30. The monoisotopic (exact) mass is 319 g/mol. The van der Waals surface area contributed by atoms with Gasteiger partial charge in [0.15, 0.2) is 0 Å². The summed E-state index contributed by atoms with van der Waals surface area (Å²) < 4.78 is 1.03. The Morgan fingerprint density at radius 3 is 2.58 bits per heavy atom. The smallest absolute Gasteiger partial charge is 0.129 e. The van der Waals surface area contributed by atoms with Crippen molar-refractivity contribution in [2.45, 2.75) is 20.4 Å². The van der Waals surface area contributed by atoms with Crippen LogP contribution in [0.25, 0.3) is 0 Å². The first-order valence-corrected chi connectivity index (χ1v) is 7.12. The van der Waals surface area contributed by atoms with Crippen molar-refractivity contribution in [3.63, 3.8) is 0 Å². The van der Waals surface area contributed by atoms with Crippen molar-refractivity contribution in [1.82, 2.24) is 4.98 Å². The van der Waals surface area contributed by atoms with Crippen LogP contribution < -0.4 is 10.6 Å². The topological polar surface area (TPSA) is 42.1 Å². The fourth-order valence-electron chi connectivity index (χ4n) is 1.95. The van der Waals surface area contributed by atoms with Gasteiger partial charge < -0.3 is 10.6 Å². The quantitative estimate of drug-likeness (QED) is 0.872. The molecular formula is C15H18BrN3. The van der Waals surface area contributed by atoms with Gasteiger partial charge in [-0.2, -0.15) is 0 Å². The number of halogens is 1. The third-order valence-electron chi connectivity index (χ3n) is 3.13. The zero-order valence-electron chi connectivity index (χ0n) is 11.2. The van der Waals surface area contributed by atoms with E-state index >= 15 is 0 Å². The Bertz CT molecular complexity index is 569. The predicted octanol–water partition coefficient (Wildman–Crippen LogP) is 3.76. The average Bonchev–Trinajstić information content (AvgIpc) is 2.41. The van der Waals surface area contributed by atoms with Gasteiger partial charge in [-0.25, -0.2) is 4.98 Å². The lowest BCUT2D eigenvalue weighted by Crippen LogP contribution is -2.23. The van der Waals surface area contributed by atoms with Gasteiger partial charge in [-0.3, -0.25) is 0 Å². The second kappa shape index (κ2) is 6.06. The Labute approximate surface area is 122 Å². The maximum absolute atomic E-state index is 6.00. The van der Waals surface area contributed by atoms with E-state index < -0.39 is 0 Å². The largest absolute Gasteiger partial charge is 0.398 e. The summed E-state index contributed by atoms with van der Waals surface area (Å²) in [5, 5.41) is 0. The predicted molar refractivity (Wildman–Crippen MR) is 84.3 cm³/mol. The zero-order valence-corrected chi connectivity index (χ0v) is 12.8. The maximum Gasteiger partial charge on any atom is 0.129 e. The molecule has 0 amide bonds. The Morgan fingerprint density at radius 2 is 1.95 bits per heavy atom. The second-order valence-electron chi connectivity index (χ2n) is 4.45. The normalized spacial score (nSPS) is 10.5. The number of aryl methyl sites for hydroxylation is 1. The molecule has 100 valence electrons. The van der Waals surface area contributed by atoms with E-state index in [0.29, 0.717) is 0 Å². The van der Waals surface area contributed by atoms with Gasteiger partial charge in [0.1, 0.15) is 5.82 Å². The van der Waals surface area contributed by atoms with Crippen LogP contribution in [0.5, 0.6) is 0 Å². The highest BCUT2D eigenvalue weighted by Gasteiger charge is 2.09. The fraction of sp³-hybridized carbons (Fsp3) is 0.267. The first kappa shape index (κ1) is 13.9. The van der Waals surface area contributed by atoms with Crippen molar-refractivity contribution < 1.29 is 0 Å². The van der Waals surface area contributed by atoms with Crippen molar-refractivity contribution in [2.24, 2.45) is 0 Å². The highest BCUT2D eigenvalue weighted by atomic mass is 79.9. The van der Waals surface area contributed by atoms with Crippen molar-refractivity contribution in [2.75, 3.05) is 17.2 Å². The molecule has 0 fully saturated rings. The van der Waals surface area contributed by atoms with Gasteiger partial charge in [0.05, 0.1) is 5.69 Å². The van der Waals surface area contributed by atoms with Crippen LogP contribution in [0.1, 0.15) is 18.2 Å². The molecule has 19 heavy (non-hydrogen) atoms. The number of hydrogen-bond donors (Lipinski definition) is 1. The summed E-state index contributed by atoms with van der Waals surface area (Å²) in [6.07, 6.45) is 0. The first-order chi connectivity index (χ1) is 9.11. The molecule has 0 aliphatic carbocycles. The highest BCUT2D eigenvalue weighted by molar-refractivity contribution is 9.10. The van der Waals surface area contributed by atoms with Gasteiger partial charge in [0, 0.05) is 23.2 Å². The lowest BCUT2D eigenvalue weighted by Gasteiger charge is -2.23. The number of hydrogen-bond acceptors (Lipinski definition) is 3. The standard InChI is InChI=1S/C15H18BrN3/c1-3-19(10-12-6-4-5-7-14(12)17)15-9-8-13(16)11(2)18-15/h4-9H,3,10,17H2,1-2H3. The van der Waals surface area contributed by atoms with Crippen LogP contribution in [-0.4, -0.2) is 11.5 Å². The van der Waals surface area contributed by atoms with Crippen LogP contribution in [0.2, 0.25) is 0 Å². The lowest BCUT2D eigenvalue weighted by atomic mass is 10.1. The Kier molecular flexibility index (Phi) is 4.43. The molecule has 0 radical (unpaired) electrons. The molecule has 0 aliphatic heterocycles. The summed E-state index contributed by atoms with van der Waals surface area (Å²) >= 11 is 3.48. The van der Waals surface area contributed by atoms with Gasteiger partial charge in [0.25, 0.3) is 0 Å². The number of pyridine rings is 1. The molecule has 1 aromatic heterocycles. The molecule has 0 aliphatic rings. The van der Waals surface area contributed by atoms with Gasteiger partial charge in [-0.15, -0.1) is 0 Å². The number of aromatic nitrogens is 1. The molecule has 1 aromatic carbocycles. The zero-order chi connectivity index (χ0) is 13.8. The van der Waals surface area contributed by atoms with Gasteiger partial charge >= 0.3 is 0 Å². The van der Waals surface area contributed by atoms with Gasteiger partial charge in [-0.05, 0) is 53.5 Å². The molecule has 0 atom stereocenters. The molecular weight excluding hydrogens is 302 g/mol. The van der Waals surface area contributed by atoms with E-state index in [1.807, 2.05) is 37.3 Å². The molecule has 3 nitrogen and oxygen atoms in total. The Balaban J connectivity index is 2.25. The number of anilines is 2. The number of nitrogen functional groups attached to an aromatic ring is 1. The summed E-state index contributed by atoms with van der Waals surface area (Å²) in [5.41, 5.74) is 8.96. The Morgan fingerprint density at radius 1 is 1.21 bits per heavy atom. The summed E-state index contributed by atoms with van der Waals surface area (Å²) in [5.74, 6) is 0.978. The number of nitrogens with two attached hydrogens (primary N) is 1. The van der Waals surface area contributed by atoms with Crippen LogP contribution in [0.4, 0.5) is 11.5 Å². The van der Waals surface area contributed by atoms with Crippen LogP contribution >= 0.6 is 15.9 Å². The maximum atomic E-state index is 6.00. The average molecular weight is 320 g/mol. The third kappa shape index (κ3) is 3.26. The van der Waals surface area contributed by atoms with Crippen molar-refractivity contribution in [1.29, 1.82) is 0 Å². The van der Waals surface area contributed by atoms with E-state index in [0.717, 1.165) is 40.3 Å². The van der Waals surface area contributed by atoms with E-state index in [-0.39, 0.29) is 0 Å². The summed E-state index contributed by atoms with van der Waals surface area (Å²) in [6, 6.07) is 12.0. The molecule has 2 N–H and O–H groups in total. The van der Waals surface area contributed by atoms with Crippen LogP contribution in [-0.2, 0) is 6.54 Å². The number of nitrogens with zero attached hydrogens (tertiary/aromatic N) is 2. The van der Waals surface area contributed by atoms with Crippen LogP contribution in [0.3, 0.4) is 0 Å². The van der Waals surface area contributed by atoms with Crippen LogP contribution in [0, 0.1) is 6.92 Å². The van der Waals surface area contributed by atoms with Crippen LogP contribution in [0.15, 0.2) is 40.9 Å². The number of rotatable bonds is 4. The molecule has 4 heteroatoms. The van der Waals surface area contributed by atoms with E-state index in [1.165, 1.54) is 0 Å². The SMILES string of the molecule is CCN(Cc1ccccc1N)c1ccc(Br)c(C)n1. The summed E-state index contributed by atoms with van der Waals surface area (Å²) in [7, 11) is 0. The van der Waals surface area contributed by atoms with E-state index in [9.17, 15) is 0 Å². The fourth-order valence-corrected chi connectivity index (χ4v) is 2.17. The van der Waals surface area contributed by atoms with E-state index in [1.54, 1.807) is 0 Å². The molecule has 2 rings (SSSR count). The summed E-state index contributed by atoms with van der Waals surface area (Å²) in [4.78, 5) is 6.82. The Hall–Kier alpha value is -1.55. The molecule has 0 spiro atoms. The van der Waals surface area contributed by atoms with Crippen molar-refractivity contribution in [3.05, 3.63) is 52.1 Å². The number of para-hydroxylation sites is 1. The minimum atomic E-state index is 0.775. The van der Waals surface area contributed by atoms with Gasteiger partial charge in [-0.1, -0.05) is 18.2 Å². The highest BCUT2D eigenvalue weighted by Crippen LogP contribution is 2.22. The molecule has 0 bridgehead atoms. The third-order valence-corrected chi connectivity index (χ3v) is 3.97. The first-order valence-electron chi connectivity index (χ1n) is 6.33. The molecule has 2 aromatic rings. The molecule has 0 saturated heterocycles. The minimum Gasteiger partial charge on any atom is -0.398 e. The molecule has 1 heterocycles. The van der Waals surface area contributed by atoms with Crippen molar-refractivity contribution >= 4 is 27.4 Å². The minimum absolute atomic E-state index is 0.775. The lowest BCUT2D eigenvalue weighted by molar-refractivity contribution is 0.811. The van der Waals surface area contributed by atoms with Gasteiger partial charge in [0.2, 0.25) is 0 Å². The number of benzene rings is 1. The van der Waals surface area contributed by atoms with E-state index in [2.05, 4.69) is 38.8 Å². The molecule has 0 unspecified atom stereocenters. The van der Waals surface area contributed by atoms with E-state index in [4.69, 9.17) is 5.73 Å². The molecule has 0 saturated carbocycles. The summed E-state index contributed by atoms with van der Waals surface area (Å²) in [6.45, 7) is 5.79.